The van der Waals surface area contributed by atoms with Crippen molar-refractivity contribution in [3.05, 3.63) is 34.9 Å². The highest BCUT2D eigenvalue weighted by molar-refractivity contribution is 5.68. The Balaban J connectivity index is 2.90. The van der Waals surface area contributed by atoms with Crippen LogP contribution in [0.15, 0.2) is 18.2 Å². The topological polar surface area (TPSA) is 49.3 Å². The highest BCUT2D eigenvalue weighted by Gasteiger charge is 2.16. The molecule has 94 valence electrons. The third-order valence-corrected chi connectivity index (χ3v) is 2.82. The van der Waals surface area contributed by atoms with Gasteiger partial charge in [-0.25, -0.2) is 0 Å². The summed E-state index contributed by atoms with van der Waals surface area (Å²) in [5.74, 6) is -0.765. The molecule has 17 heavy (non-hydrogen) atoms. The second-order valence-corrected chi connectivity index (χ2v) is 4.46. The monoisotopic (exact) mass is 235 g/mol. The van der Waals surface area contributed by atoms with Gasteiger partial charge in [0, 0.05) is 6.04 Å². The summed E-state index contributed by atoms with van der Waals surface area (Å²) in [6, 6.07) is 6.07. The van der Waals surface area contributed by atoms with Gasteiger partial charge < -0.3 is 10.4 Å². The Morgan fingerprint density at radius 3 is 2.65 bits per heavy atom. The van der Waals surface area contributed by atoms with Crippen LogP contribution in [0.2, 0.25) is 0 Å². The standard InChI is InChI=1S/C14H21NO2/c1-4-7-15-13(9-14(16)17)12-6-5-10(2)8-11(12)3/h5-6,8,13,15H,4,7,9H2,1-3H3,(H,16,17). The van der Waals surface area contributed by atoms with Gasteiger partial charge >= 0.3 is 5.97 Å². The molecular formula is C14H21NO2. The Morgan fingerprint density at radius 2 is 2.12 bits per heavy atom. The SMILES string of the molecule is CCCNC(CC(=O)O)c1ccc(C)cc1C. The Labute approximate surface area is 103 Å². The van der Waals surface area contributed by atoms with Crippen molar-refractivity contribution in [1.29, 1.82) is 0 Å². The number of aryl methyl sites for hydroxylation is 2. The average molecular weight is 235 g/mol. The summed E-state index contributed by atoms with van der Waals surface area (Å²) in [5, 5.41) is 12.2. The first-order chi connectivity index (χ1) is 8.04. The van der Waals surface area contributed by atoms with Crippen LogP contribution in [0, 0.1) is 13.8 Å². The lowest BCUT2D eigenvalue weighted by Gasteiger charge is -2.19. The summed E-state index contributed by atoms with van der Waals surface area (Å²) in [7, 11) is 0. The van der Waals surface area contributed by atoms with Crippen LogP contribution < -0.4 is 5.32 Å². The normalized spacial score (nSPS) is 12.4. The van der Waals surface area contributed by atoms with Crippen LogP contribution in [-0.2, 0) is 4.79 Å². The van der Waals surface area contributed by atoms with Gasteiger partial charge in [-0.15, -0.1) is 0 Å². The van der Waals surface area contributed by atoms with Crippen molar-refractivity contribution in [2.75, 3.05) is 6.54 Å². The molecule has 1 aromatic carbocycles. The van der Waals surface area contributed by atoms with E-state index in [1.54, 1.807) is 0 Å². The number of nitrogens with one attached hydrogen (secondary N) is 1. The molecule has 0 aromatic heterocycles. The number of benzene rings is 1. The highest BCUT2D eigenvalue weighted by atomic mass is 16.4. The summed E-state index contributed by atoms with van der Waals surface area (Å²) in [6.07, 6.45) is 1.13. The first-order valence-corrected chi connectivity index (χ1v) is 6.07. The molecule has 1 unspecified atom stereocenters. The van der Waals surface area contributed by atoms with Crippen molar-refractivity contribution < 1.29 is 9.90 Å². The van der Waals surface area contributed by atoms with E-state index in [9.17, 15) is 4.79 Å². The molecule has 0 saturated carbocycles. The molecule has 0 bridgehead atoms. The molecule has 1 rings (SSSR count). The Morgan fingerprint density at radius 1 is 1.41 bits per heavy atom. The van der Waals surface area contributed by atoms with Gasteiger partial charge in [0.1, 0.15) is 0 Å². The van der Waals surface area contributed by atoms with E-state index in [-0.39, 0.29) is 12.5 Å². The minimum absolute atomic E-state index is 0.0898. The van der Waals surface area contributed by atoms with E-state index < -0.39 is 5.97 Å². The Bertz CT molecular complexity index is 388. The average Bonchev–Trinajstić information content (AvgIpc) is 2.24. The molecule has 3 nitrogen and oxygen atoms in total. The lowest BCUT2D eigenvalue weighted by atomic mass is 9.97. The molecule has 0 fully saturated rings. The van der Waals surface area contributed by atoms with Crippen molar-refractivity contribution >= 4 is 5.97 Å². The predicted molar refractivity (Wildman–Crippen MR) is 69.2 cm³/mol. The van der Waals surface area contributed by atoms with Crippen LogP contribution in [-0.4, -0.2) is 17.6 Å². The molecule has 0 saturated heterocycles. The van der Waals surface area contributed by atoms with E-state index in [0.29, 0.717) is 0 Å². The van der Waals surface area contributed by atoms with Crippen molar-refractivity contribution in [3.8, 4) is 0 Å². The maximum Gasteiger partial charge on any atom is 0.305 e. The lowest BCUT2D eigenvalue weighted by Crippen LogP contribution is -2.25. The molecule has 0 aliphatic carbocycles. The van der Waals surface area contributed by atoms with Crippen molar-refractivity contribution in [3.63, 3.8) is 0 Å². The van der Waals surface area contributed by atoms with Crippen molar-refractivity contribution in [2.24, 2.45) is 0 Å². The van der Waals surface area contributed by atoms with E-state index in [4.69, 9.17) is 5.11 Å². The lowest BCUT2D eigenvalue weighted by molar-refractivity contribution is -0.137. The smallest absolute Gasteiger partial charge is 0.305 e. The summed E-state index contributed by atoms with van der Waals surface area (Å²) >= 11 is 0. The summed E-state index contributed by atoms with van der Waals surface area (Å²) in [6.45, 7) is 6.99. The fraction of sp³-hybridized carbons (Fsp3) is 0.500. The van der Waals surface area contributed by atoms with E-state index in [1.807, 2.05) is 26.0 Å². The minimum Gasteiger partial charge on any atom is -0.481 e. The van der Waals surface area contributed by atoms with E-state index in [1.165, 1.54) is 5.56 Å². The first kappa shape index (κ1) is 13.7. The zero-order valence-electron chi connectivity index (χ0n) is 10.8. The number of aliphatic carboxylic acids is 1. The molecule has 0 heterocycles. The summed E-state index contributed by atoms with van der Waals surface area (Å²) < 4.78 is 0. The molecular weight excluding hydrogens is 214 g/mol. The third-order valence-electron chi connectivity index (χ3n) is 2.82. The zero-order chi connectivity index (χ0) is 12.8. The Kier molecular flexibility index (Phi) is 5.16. The van der Waals surface area contributed by atoms with Crippen LogP contribution in [0.5, 0.6) is 0 Å². The van der Waals surface area contributed by atoms with E-state index >= 15 is 0 Å². The fourth-order valence-electron chi connectivity index (χ4n) is 2.00. The highest BCUT2D eigenvalue weighted by Crippen LogP contribution is 2.21. The van der Waals surface area contributed by atoms with Gasteiger partial charge in [0.25, 0.3) is 0 Å². The number of carboxylic acid groups (broad SMARTS) is 1. The fourth-order valence-corrected chi connectivity index (χ4v) is 2.00. The number of hydrogen-bond donors (Lipinski definition) is 2. The quantitative estimate of drug-likeness (QED) is 0.797. The molecule has 2 N–H and O–H groups in total. The molecule has 1 aromatic rings. The van der Waals surface area contributed by atoms with Crippen LogP contribution in [0.3, 0.4) is 0 Å². The second kappa shape index (κ2) is 6.40. The van der Waals surface area contributed by atoms with E-state index in [2.05, 4.69) is 18.3 Å². The van der Waals surface area contributed by atoms with Crippen LogP contribution >= 0.6 is 0 Å². The van der Waals surface area contributed by atoms with Gasteiger partial charge in [-0.2, -0.15) is 0 Å². The molecule has 0 spiro atoms. The number of rotatable bonds is 6. The number of carbonyl (C=O) groups is 1. The Hall–Kier alpha value is -1.35. The number of carboxylic acids is 1. The summed E-state index contributed by atoms with van der Waals surface area (Å²) in [5.41, 5.74) is 3.45. The predicted octanol–water partition coefficient (Wildman–Crippen LogP) is 2.82. The van der Waals surface area contributed by atoms with Crippen LogP contribution in [0.1, 0.15) is 42.5 Å². The molecule has 0 aliphatic rings. The molecule has 0 aliphatic heterocycles. The summed E-state index contributed by atoms with van der Waals surface area (Å²) in [4.78, 5) is 10.9. The molecule has 0 amide bonds. The zero-order valence-corrected chi connectivity index (χ0v) is 10.8. The van der Waals surface area contributed by atoms with Gasteiger partial charge in [0.15, 0.2) is 0 Å². The van der Waals surface area contributed by atoms with Gasteiger partial charge in [-0.3, -0.25) is 4.79 Å². The maximum atomic E-state index is 10.9. The second-order valence-electron chi connectivity index (χ2n) is 4.46. The van der Waals surface area contributed by atoms with Crippen molar-refractivity contribution in [2.45, 2.75) is 39.7 Å². The van der Waals surface area contributed by atoms with Gasteiger partial charge in [-0.1, -0.05) is 30.7 Å². The van der Waals surface area contributed by atoms with E-state index in [0.717, 1.165) is 24.1 Å². The first-order valence-electron chi connectivity index (χ1n) is 6.07. The number of hydrogen-bond acceptors (Lipinski definition) is 2. The maximum absolute atomic E-state index is 10.9. The minimum atomic E-state index is -0.765. The molecule has 3 heteroatoms. The third kappa shape index (κ3) is 4.19. The van der Waals surface area contributed by atoms with Crippen LogP contribution in [0.25, 0.3) is 0 Å². The van der Waals surface area contributed by atoms with Crippen molar-refractivity contribution in [1.82, 2.24) is 5.32 Å². The van der Waals surface area contributed by atoms with Gasteiger partial charge in [-0.05, 0) is 37.9 Å². The van der Waals surface area contributed by atoms with Crippen LogP contribution in [0.4, 0.5) is 0 Å². The largest absolute Gasteiger partial charge is 0.481 e. The molecule has 1 atom stereocenters. The van der Waals surface area contributed by atoms with Gasteiger partial charge in [0.05, 0.1) is 6.42 Å². The molecule has 0 radical (unpaired) electrons. The van der Waals surface area contributed by atoms with Gasteiger partial charge in [0.2, 0.25) is 0 Å².